The number of carbonyl (C=O) groups is 1. The lowest BCUT2D eigenvalue weighted by molar-refractivity contribution is 0.0636. The number of hydrogen-bond donors (Lipinski definition) is 2. The van der Waals surface area contributed by atoms with Crippen LogP contribution in [0.1, 0.15) is 20.8 Å². The predicted octanol–water partition coefficient (Wildman–Crippen LogP) is 3.26. The maximum Gasteiger partial charge on any atom is 0.412 e. The fourth-order valence-corrected chi connectivity index (χ4v) is 1.33. The summed E-state index contributed by atoms with van der Waals surface area (Å²) in [6.45, 7) is 5.40. The molecule has 0 radical (unpaired) electrons. The van der Waals surface area contributed by atoms with E-state index in [1.165, 1.54) is 0 Å². The summed E-state index contributed by atoms with van der Waals surface area (Å²) in [6, 6.07) is 6.94. The quantitative estimate of drug-likeness (QED) is 0.508. The van der Waals surface area contributed by atoms with Crippen molar-refractivity contribution in [2.75, 3.05) is 11.2 Å². The summed E-state index contributed by atoms with van der Waals surface area (Å²) in [7, 11) is 0. The summed E-state index contributed by atoms with van der Waals surface area (Å²) in [5.41, 5.74) is 6.21. The number of rotatable bonds is 3. The first-order valence-electron chi connectivity index (χ1n) is 5.79. The molecule has 0 aliphatic carbocycles. The molecule has 1 aromatic rings. The van der Waals surface area contributed by atoms with Gasteiger partial charge in [0, 0.05) is 5.69 Å². The van der Waals surface area contributed by atoms with Gasteiger partial charge in [-0.05, 0) is 39.0 Å². The van der Waals surface area contributed by atoms with Crippen molar-refractivity contribution < 1.29 is 9.53 Å². The van der Waals surface area contributed by atoms with Crippen molar-refractivity contribution in [3.63, 3.8) is 0 Å². The minimum Gasteiger partial charge on any atom is -0.444 e. The second kappa shape index (κ2) is 6.43. The number of carbonyl (C=O) groups excluding carboxylic acids is 1. The van der Waals surface area contributed by atoms with Crippen LogP contribution in [0.2, 0.25) is 0 Å². The van der Waals surface area contributed by atoms with Gasteiger partial charge in [-0.1, -0.05) is 6.07 Å². The van der Waals surface area contributed by atoms with Crippen molar-refractivity contribution in [2.45, 2.75) is 26.4 Å². The Morgan fingerprint density at radius 1 is 1.47 bits per heavy atom. The molecule has 0 unspecified atom stereocenters. The fraction of sp³-hybridized carbons (Fsp3) is 0.385. The second-order valence-electron chi connectivity index (χ2n) is 4.91. The Hall–Kier alpha value is -1.75. The van der Waals surface area contributed by atoms with E-state index in [1.54, 1.807) is 45.0 Å². The van der Waals surface area contributed by atoms with Crippen molar-refractivity contribution >= 4 is 34.9 Å². The number of ether oxygens (including phenoxy) is 1. The van der Waals surface area contributed by atoms with Crippen molar-refractivity contribution in [1.82, 2.24) is 0 Å². The number of benzene rings is 1. The highest BCUT2D eigenvalue weighted by atomic mass is 35.5. The maximum atomic E-state index is 11.6. The van der Waals surface area contributed by atoms with E-state index in [1.807, 2.05) is 0 Å². The highest BCUT2D eigenvalue weighted by Crippen LogP contribution is 2.19. The molecular formula is C13H18ClN3O2. The number of hydrogen-bond acceptors (Lipinski definition) is 3. The van der Waals surface area contributed by atoms with Crippen LogP contribution in [0.15, 0.2) is 29.3 Å². The van der Waals surface area contributed by atoms with E-state index in [4.69, 9.17) is 22.1 Å². The Labute approximate surface area is 117 Å². The maximum absolute atomic E-state index is 11.6. The van der Waals surface area contributed by atoms with Crippen LogP contribution in [0.4, 0.5) is 16.2 Å². The average Bonchev–Trinajstić information content (AvgIpc) is 2.26. The molecular weight excluding hydrogens is 266 g/mol. The van der Waals surface area contributed by atoms with Crippen LogP contribution in [0.25, 0.3) is 0 Å². The highest BCUT2D eigenvalue weighted by Gasteiger charge is 2.16. The van der Waals surface area contributed by atoms with Crippen molar-refractivity contribution in [3.05, 3.63) is 24.3 Å². The highest BCUT2D eigenvalue weighted by molar-refractivity contribution is 6.28. The van der Waals surface area contributed by atoms with Gasteiger partial charge in [-0.15, -0.1) is 11.6 Å². The third-order valence-corrected chi connectivity index (χ3v) is 2.17. The third kappa shape index (κ3) is 6.10. The Morgan fingerprint density at radius 3 is 2.74 bits per heavy atom. The van der Waals surface area contributed by atoms with Gasteiger partial charge in [0.25, 0.3) is 0 Å². The Balaban J connectivity index is 2.75. The van der Waals surface area contributed by atoms with Crippen LogP contribution in [0.3, 0.4) is 0 Å². The summed E-state index contributed by atoms with van der Waals surface area (Å²) >= 11 is 5.55. The van der Waals surface area contributed by atoms with Gasteiger partial charge in [0.1, 0.15) is 11.4 Å². The summed E-state index contributed by atoms with van der Waals surface area (Å²) in [5.74, 6) is 0.472. The number of amides is 1. The molecule has 5 nitrogen and oxygen atoms in total. The lowest BCUT2D eigenvalue weighted by Crippen LogP contribution is -2.27. The van der Waals surface area contributed by atoms with Gasteiger partial charge < -0.3 is 10.5 Å². The smallest absolute Gasteiger partial charge is 0.412 e. The SMILES string of the molecule is CC(C)(C)OC(=O)Nc1cccc(N=C(N)CCl)c1. The van der Waals surface area contributed by atoms with E-state index in [2.05, 4.69) is 10.3 Å². The Kier molecular flexibility index (Phi) is 5.18. The molecule has 0 bridgehead atoms. The number of nitrogens with zero attached hydrogens (tertiary/aromatic N) is 1. The molecule has 19 heavy (non-hydrogen) atoms. The van der Waals surface area contributed by atoms with E-state index < -0.39 is 11.7 Å². The summed E-state index contributed by atoms with van der Waals surface area (Å²) in [5, 5.41) is 2.63. The lowest BCUT2D eigenvalue weighted by Gasteiger charge is -2.19. The molecule has 3 N–H and O–H groups in total. The predicted molar refractivity (Wildman–Crippen MR) is 78.3 cm³/mol. The van der Waals surface area contributed by atoms with E-state index in [0.717, 1.165) is 0 Å². The molecule has 0 atom stereocenters. The first-order chi connectivity index (χ1) is 8.80. The summed E-state index contributed by atoms with van der Waals surface area (Å²) < 4.78 is 5.15. The first-order valence-corrected chi connectivity index (χ1v) is 6.32. The van der Waals surface area contributed by atoms with Crippen molar-refractivity contribution in [3.8, 4) is 0 Å². The summed E-state index contributed by atoms with van der Waals surface area (Å²) in [6.07, 6.45) is -0.515. The van der Waals surface area contributed by atoms with Gasteiger partial charge in [0.15, 0.2) is 0 Å². The number of alkyl halides is 1. The average molecular weight is 284 g/mol. The molecule has 6 heteroatoms. The summed E-state index contributed by atoms with van der Waals surface area (Å²) in [4.78, 5) is 15.7. The standard InChI is InChI=1S/C13H18ClN3O2/c1-13(2,3)19-12(18)17-10-6-4-5-9(7-10)16-11(15)8-14/h4-7H,8H2,1-3H3,(H2,15,16)(H,17,18). The van der Waals surface area contributed by atoms with Gasteiger partial charge in [0.05, 0.1) is 11.6 Å². The third-order valence-electron chi connectivity index (χ3n) is 1.90. The molecule has 0 saturated heterocycles. The van der Waals surface area contributed by atoms with E-state index >= 15 is 0 Å². The van der Waals surface area contributed by atoms with Gasteiger partial charge in [0.2, 0.25) is 0 Å². The molecule has 0 fully saturated rings. The van der Waals surface area contributed by atoms with Crippen LogP contribution in [0, 0.1) is 0 Å². The van der Waals surface area contributed by atoms with Crippen molar-refractivity contribution in [1.29, 1.82) is 0 Å². The van der Waals surface area contributed by atoms with Gasteiger partial charge >= 0.3 is 6.09 Å². The largest absolute Gasteiger partial charge is 0.444 e. The Morgan fingerprint density at radius 2 is 2.16 bits per heavy atom. The van der Waals surface area contributed by atoms with Gasteiger partial charge in [-0.2, -0.15) is 0 Å². The molecule has 104 valence electrons. The zero-order valence-electron chi connectivity index (χ0n) is 11.2. The zero-order chi connectivity index (χ0) is 14.5. The second-order valence-corrected chi connectivity index (χ2v) is 5.18. The van der Waals surface area contributed by atoms with Crippen LogP contribution >= 0.6 is 11.6 Å². The number of nitrogens with one attached hydrogen (secondary N) is 1. The number of aliphatic imine (C=N–C) groups is 1. The molecule has 0 spiro atoms. The van der Waals surface area contributed by atoms with Crippen LogP contribution < -0.4 is 11.1 Å². The minimum absolute atomic E-state index is 0.156. The number of amidine groups is 1. The molecule has 0 aromatic heterocycles. The van der Waals surface area contributed by atoms with Crippen molar-refractivity contribution in [2.24, 2.45) is 10.7 Å². The molecule has 1 rings (SSSR count). The van der Waals surface area contributed by atoms with Crippen LogP contribution in [-0.4, -0.2) is 23.4 Å². The number of nitrogens with two attached hydrogens (primary N) is 1. The topological polar surface area (TPSA) is 76.7 Å². The Bertz CT molecular complexity index is 481. The van der Waals surface area contributed by atoms with Crippen LogP contribution in [-0.2, 0) is 4.74 Å². The van der Waals surface area contributed by atoms with Crippen LogP contribution in [0.5, 0.6) is 0 Å². The number of anilines is 1. The molecule has 0 heterocycles. The molecule has 1 aromatic carbocycles. The van der Waals surface area contributed by atoms with E-state index in [9.17, 15) is 4.79 Å². The molecule has 1 amide bonds. The molecule has 0 saturated carbocycles. The normalized spacial score (nSPS) is 12.1. The molecule has 0 aliphatic heterocycles. The monoisotopic (exact) mass is 283 g/mol. The van der Waals surface area contributed by atoms with Gasteiger partial charge in [-0.25, -0.2) is 9.79 Å². The van der Waals surface area contributed by atoms with Gasteiger partial charge in [-0.3, -0.25) is 5.32 Å². The first kappa shape index (κ1) is 15.3. The lowest BCUT2D eigenvalue weighted by atomic mass is 10.2. The molecule has 0 aliphatic rings. The fourth-order valence-electron chi connectivity index (χ4n) is 1.27. The zero-order valence-corrected chi connectivity index (χ0v) is 12.0. The van der Waals surface area contributed by atoms with E-state index in [0.29, 0.717) is 17.2 Å². The van der Waals surface area contributed by atoms with E-state index in [-0.39, 0.29) is 5.88 Å². The number of halogens is 1. The minimum atomic E-state index is -0.539.